The molecule has 0 aliphatic carbocycles. The summed E-state index contributed by atoms with van der Waals surface area (Å²) in [5, 5.41) is 5.19. The zero-order chi connectivity index (χ0) is 16.9. The van der Waals surface area contributed by atoms with Crippen LogP contribution >= 0.6 is 27.3 Å². The predicted octanol–water partition coefficient (Wildman–Crippen LogP) is 4.09. The van der Waals surface area contributed by atoms with E-state index in [9.17, 15) is 4.79 Å². The molecule has 1 aromatic carbocycles. The van der Waals surface area contributed by atoms with Crippen LogP contribution in [-0.4, -0.2) is 37.6 Å². The fourth-order valence-corrected chi connectivity index (χ4v) is 4.32. The molecule has 2 heterocycles. The number of nitrogens with zero attached hydrogens (tertiary/aromatic N) is 1. The van der Waals surface area contributed by atoms with Crippen LogP contribution in [0.1, 0.15) is 34.1 Å². The summed E-state index contributed by atoms with van der Waals surface area (Å²) < 4.78 is 5.99. The lowest BCUT2D eigenvalue weighted by Crippen LogP contribution is -2.36. The number of nitrogens with one attached hydrogen (secondary N) is 1. The van der Waals surface area contributed by atoms with Gasteiger partial charge < -0.3 is 10.1 Å². The van der Waals surface area contributed by atoms with E-state index < -0.39 is 0 Å². The minimum absolute atomic E-state index is 0.0819. The largest absolute Gasteiger partial charge is 0.497 e. The molecule has 3 rings (SSSR count). The number of hydrogen-bond acceptors (Lipinski definition) is 4. The maximum Gasteiger partial charge on any atom is 0.252 e. The molecule has 0 spiro atoms. The van der Waals surface area contributed by atoms with Gasteiger partial charge >= 0.3 is 0 Å². The van der Waals surface area contributed by atoms with E-state index in [1.165, 1.54) is 17.7 Å². The first-order chi connectivity index (χ1) is 11.7. The fourth-order valence-electron chi connectivity index (χ4n) is 3.03. The van der Waals surface area contributed by atoms with Gasteiger partial charge in [0.2, 0.25) is 0 Å². The van der Waals surface area contributed by atoms with Gasteiger partial charge in [0.25, 0.3) is 5.91 Å². The van der Waals surface area contributed by atoms with E-state index >= 15 is 0 Å². The van der Waals surface area contributed by atoms with Gasteiger partial charge in [0.1, 0.15) is 5.75 Å². The number of amides is 1. The van der Waals surface area contributed by atoms with Crippen LogP contribution in [0.2, 0.25) is 0 Å². The maximum absolute atomic E-state index is 12.6. The van der Waals surface area contributed by atoms with Crippen molar-refractivity contribution in [2.24, 2.45) is 0 Å². The second-order valence-electron chi connectivity index (χ2n) is 5.83. The van der Waals surface area contributed by atoms with E-state index in [1.54, 1.807) is 24.5 Å². The van der Waals surface area contributed by atoms with Gasteiger partial charge in [-0.15, -0.1) is 11.3 Å². The van der Waals surface area contributed by atoms with Crippen molar-refractivity contribution in [3.05, 3.63) is 50.6 Å². The summed E-state index contributed by atoms with van der Waals surface area (Å²) in [5.74, 6) is 0.597. The summed E-state index contributed by atoms with van der Waals surface area (Å²) in [6.07, 6.45) is 2.47. The summed E-state index contributed by atoms with van der Waals surface area (Å²) in [4.78, 5) is 16.4. The zero-order valence-corrected chi connectivity index (χ0v) is 16.0. The van der Waals surface area contributed by atoms with E-state index in [0.717, 1.165) is 17.6 Å². The SMILES string of the molecule is COc1ccc(Br)c(C(=O)NCC(c2cccs2)N2CCCC2)c1. The van der Waals surface area contributed by atoms with Crippen LogP contribution in [0.15, 0.2) is 40.2 Å². The van der Waals surface area contributed by atoms with Gasteiger partial charge in [0, 0.05) is 15.9 Å². The quantitative estimate of drug-likeness (QED) is 0.782. The number of ether oxygens (including phenoxy) is 1. The van der Waals surface area contributed by atoms with Gasteiger partial charge in [-0.2, -0.15) is 0 Å². The first-order valence-electron chi connectivity index (χ1n) is 8.08. The first kappa shape index (κ1) is 17.5. The molecular formula is C18H21BrN2O2S. The van der Waals surface area contributed by atoms with Crippen LogP contribution in [0.3, 0.4) is 0 Å². The van der Waals surface area contributed by atoms with Crippen molar-refractivity contribution in [2.75, 3.05) is 26.7 Å². The highest BCUT2D eigenvalue weighted by Crippen LogP contribution is 2.28. The van der Waals surface area contributed by atoms with Crippen LogP contribution in [0.4, 0.5) is 0 Å². The number of methoxy groups -OCH3 is 1. The van der Waals surface area contributed by atoms with Crippen LogP contribution in [-0.2, 0) is 0 Å². The number of carbonyl (C=O) groups is 1. The Labute approximate surface area is 154 Å². The van der Waals surface area contributed by atoms with Gasteiger partial charge in [0.15, 0.2) is 0 Å². The van der Waals surface area contributed by atoms with Gasteiger partial charge in [-0.05, 0) is 71.5 Å². The second kappa shape index (κ2) is 8.14. The smallest absolute Gasteiger partial charge is 0.252 e. The molecule has 1 saturated heterocycles. The molecule has 24 heavy (non-hydrogen) atoms. The average Bonchev–Trinajstić information content (AvgIpc) is 3.29. The molecule has 1 atom stereocenters. The van der Waals surface area contributed by atoms with Crippen molar-refractivity contribution in [3.8, 4) is 5.75 Å². The van der Waals surface area contributed by atoms with Crippen molar-refractivity contribution in [1.29, 1.82) is 0 Å². The summed E-state index contributed by atoms with van der Waals surface area (Å²) >= 11 is 5.20. The van der Waals surface area contributed by atoms with Gasteiger partial charge in [-0.3, -0.25) is 9.69 Å². The molecule has 0 bridgehead atoms. The predicted molar refractivity (Wildman–Crippen MR) is 101 cm³/mol. The molecule has 128 valence electrons. The van der Waals surface area contributed by atoms with Crippen molar-refractivity contribution in [1.82, 2.24) is 10.2 Å². The molecule has 1 aliphatic heterocycles. The molecule has 4 nitrogen and oxygen atoms in total. The highest BCUT2D eigenvalue weighted by molar-refractivity contribution is 9.10. The maximum atomic E-state index is 12.6. The molecule has 1 aliphatic rings. The topological polar surface area (TPSA) is 41.6 Å². The Morgan fingerprint density at radius 2 is 2.17 bits per heavy atom. The Balaban J connectivity index is 1.71. The Kier molecular flexibility index (Phi) is 5.92. The first-order valence-corrected chi connectivity index (χ1v) is 9.75. The number of likely N-dealkylation sites (tertiary alicyclic amines) is 1. The van der Waals surface area contributed by atoms with Crippen LogP contribution in [0.5, 0.6) is 5.75 Å². The molecule has 0 saturated carbocycles. The molecule has 0 radical (unpaired) electrons. The van der Waals surface area contributed by atoms with Crippen LogP contribution in [0, 0.1) is 0 Å². The minimum atomic E-state index is -0.0819. The fraction of sp³-hybridized carbons (Fsp3) is 0.389. The lowest BCUT2D eigenvalue weighted by molar-refractivity contribution is 0.0937. The third-order valence-corrected chi connectivity index (χ3v) is 5.99. The Morgan fingerprint density at radius 1 is 1.38 bits per heavy atom. The number of thiophene rings is 1. The number of benzene rings is 1. The number of hydrogen-bond donors (Lipinski definition) is 1. The van der Waals surface area contributed by atoms with Crippen molar-refractivity contribution in [3.63, 3.8) is 0 Å². The van der Waals surface area contributed by atoms with E-state index in [2.05, 4.69) is 43.7 Å². The van der Waals surface area contributed by atoms with Crippen molar-refractivity contribution < 1.29 is 9.53 Å². The zero-order valence-electron chi connectivity index (χ0n) is 13.6. The Morgan fingerprint density at radius 3 is 2.83 bits per heavy atom. The summed E-state index contributed by atoms with van der Waals surface area (Å²) in [5.41, 5.74) is 0.598. The van der Waals surface area contributed by atoms with Gasteiger partial charge in [0.05, 0.1) is 18.7 Å². The second-order valence-corrected chi connectivity index (χ2v) is 7.66. The third-order valence-electron chi connectivity index (χ3n) is 4.33. The molecule has 1 N–H and O–H groups in total. The lowest BCUT2D eigenvalue weighted by atomic mass is 10.1. The normalized spacial score (nSPS) is 16.1. The molecule has 1 fully saturated rings. The van der Waals surface area contributed by atoms with Crippen molar-refractivity contribution in [2.45, 2.75) is 18.9 Å². The van der Waals surface area contributed by atoms with Crippen LogP contribution < -0.4 is 10.1 Å². The Hall–Kier alpha value is -1.37. The van der Waals surface area contributed by atoms with E-state index in [1.807, 2.05) is 12.1 Å². The van der Waals surface area contributed by atoms with E-state index in [4.69, 9.17) is 4.74 Å². The number of rotatable bonds is 6. The highest BCUT2D eigenvalue weighted by Gasteiger charge is 2.25. The molecular weight excluding hydrogens is 388 g/mol. The van der Waals surface area contributed by atoms with Gasteiger partial charge in [-0.25, -0.2) is 0 Å². The third kappa shape index (κ3) is 3.99. The van der Waals surface area contributed by atoms with E-state index in [0.29, 0.717) is 17.9 Å². The Bertz CT molecular complexity index is 684. The van der Waals surface area contributed by atoms with Crippen molar-refractivity contribution >= 4 is 33.2 Å². The number of halogens is 1. The summed E-state index contributed by atoms with van der Waals surface area (Å²) in [6.45, 7) is 2.81. The van der Waals surface area contributed by atoms with E-state index in [-0.39, 0.29) is 11.9 Å². The molecule has 6 heteroatoms. The molecule has 1 unspecified atom stereocenters. The molecule has 1 aromatic heterocycles. The molecule has 2 aromatic rings. The lowest BCUT2D eigenvalue weighted by Gasteiger charge is -2.27. The summed E-state index contributed by atoms with van der Waals surface area (Å²) in [7, 11) is 1.60. The highest BCUT2D eigenvalue weighted by atomic mass is 79.9. The summed E-state index contributed by atoms with van der Waals surface area (Å²) in [6, 6.07) is 9.91. The van der Waals surface area contributed by atoms with Crippen LogP contribution in [0.25, 0.3) is 0 Å². The standard InChI is InChI=1S/C18H21BrN2O2S/c1-23-13-6-7-15(19)14(11-13)18(22)20-12-16(17-5-4-10-24-17)21-8-2-3-9-21/h4-7,10-11,16H,2-3,8-9,12H2,1H3,(H,20,22). The molecule has 1 amide bonds. The average molecular weight is 409 g/mol. The monoisotopic (exact) mass is 408 g/mol. The number of carbonyl (C=O) groups excluding carboxylic acids is 1. The van der Waals surface area contributed by atoms with Gasteiger partial charge in [-0.1, -0.05) is 6.07 Å². The minimum Gasteiger partial charge on any atom is -0.497 e.